The van der Waals surface area contributed by atoms with E-state index in [0.29, 0.717) is 6.42 Å². The molecular weight excluding hydrogens is 280 g/mol. The third-order valence-corrected chi connectivity index (χ3v) is 2.88. The fourth-order valence-corrected chi connectivity index (χ4v) is 1.98. The molecule has 0 fully saturated rings. The minimum Gasteiger partial charge on any atom is -0.506 e. The second-order valence-corrected chi connectivity index (χ2v) is 5.01. The van der Waals surface area contributed by atoms with E-state index in [1.165, 1.54) is 0 Å². The van der Waals surface area contributed by atoms with Crippen LogP contribution in [0.15, 0.2) is 10.5 Å². The van der Waals surface area contributed by atoms with Crippen molar-refractivity contribution in [2.45, 2.75) is 26.3 Å². The molecule has 1 rings (SSSR count). The van der Waals surface area contributed by atoms with Gasteiger partial charge < -0.3 is 10.8 Å². The number of phenols is 1. The maximum Gasteiger partial charge on any atom is 0.167 e. The second-order valence-electron chi connectivity index (χ2n) is 4.15. The molecular formula is C11H14BrF2NO. The standard InChI is InChI=1S/C11H14BrF2NO/c1-5(2)3-8(15)9-10(14)7(13)4-6(12)11(9)16/h4-5,8,16H,3,15H2,1-2H3/t8-/m1/s1. The van der Waals surface area contributed by atoms with E-state index in [2.05, 4.69) is 15.9 Å². The fourth-order valence-electron chi connectivity index (χ4n) is 1.57. The maximum absolute atomic E-state index is 13.5. The van der Waals surface area contributed by atoms with Gasteiger partial charge in [-0.05, 0) is 34.3 Å². The minimum atomic E-state index is -1.08. The lowest BCUT2D eigenvalue weighted by atomic mass is 9.96. The molecule has 0 saturated carbocycles. The van der Waals surface area contributed by atoms with E-state index in [1.54, 1.807) is 0 Å². The molecule has 0 bridgehead atoms. The van der Waals surface area contributed by atoms with Crippen LogP contribution in [0.25, 0.3) is 0 Å². The molecule has 1 aromatic carbocycles. The summed E-state index contributed by atoms with van der Waals surface area (Å²) in [7, 11) is 0. The number of nitrogens with two attached hydrogens (primary N) is 1. The second kappa shape index (κ2) is 5.10. The van der Waals surface area contributed by atoms with Crippen LogP contribution in [0.5, 0.6) is 5.75 Å². The third kappa shape index (κ3) is 2.71. The van der Waals surface area contributed by atoms with Gasteiger partial charge in [0.25, 0.3) is 0 Å². The van der Waals surface area contributed by atoms with Crippen LogP contribution >= 0.6 is 15.9 Å². The van der Waals surface area contributed by atoms with Gasteiger partial charge in [0, 0.05) is 6.04 Å². The molecule has 0 aliphatic rings. The van der Waals surface area contributed by atoms with E-state index in [1.807, 2.05) is 13.8 Å². The van der Waals surface area contributed by atoms with E-state index in [-0.39, 0.29) is 21.7 Å². The first-order valence-corrected chi connectivity index (χ1v) is 5.75. The summed E-state index contributed by atoms with van der Waals surface area (Å²) in [4.78, 5) is 0. The van der Waals surface area contributed by atoms with Crippen molar-refractivity contribution in [3.8, 4) is 5.75 Å². The highest BCUT2D eigenvalue weighted by atomic mass is 79.9. The van der Waals surface area contributed by atoms with Gasteiger partial charge in [0.2, 0.25) is 0 Å². The Balaban J connectivity index is 3.21. The SMILES string of the molecule is CC(C)C[C@@H](N)c1c(O)c(Br)cc(F)c1F. The van der Waals surface area contributed by atoms with Crippen molar-refractivity contribution in [1.29, 1.82) is 0 Å². The Kier molecular flexibility index (Phi) is 4.27. The summed E-state index contributed by atoms with van der Waals surface area (Å²) in [6, 6.07) is 0.169. The van der Waals surface area contributed by atoms with Crippen molar-refractivity contribution in [1.82, 2.24) is 0 Å². The van der Waals surface area contributed by atoms with Gasteiger partial charge in [0.05, 0.1) is 10.0 Å². The molecule has 90 valence electrons. The minimum absolute atomic E-state index is 0.112. The normalized spacial score (nSPS) is 13.2. The van der Waals surface area contributed by atoms with Crippen LogP contribution < -0.4 is 5.73 Å². The predicted molar refractivity (Wildman–Crippen MR) is 62.1 cm³/mol. The van der Waals surface area contributed by atoms with Gasteiger partial charge in [-0.2, -0.15) is 0 Å². The average molecular weight is 294 g/mol. The Morgan fingerprint density at radius 1 is 1.44 bits per heavy atom. The van der Waals surface area contributed by atoms with Gasteiger partial charge >= 0.3 is 0 Å². The number of benzene rings is 1. The van der Waals surface area contributed by atoms with E-state index in [4.69, 9.17) is 5.73 Å². The molecule has 0 aliphatic carbocycles. The molecule has 0 aromatic heterocycles. The topological polar surface area (TPSA) is 46.2 Å². The highest BCUT2D eigenvalue weighted by Crippen LogP contribution is 2.36. The zero-order valence-corrected chi connectivity index (χ0v) is 10.7. The number of hydrogen-bond donors (Lipinski definition) is 2. The van der Waals surface area contributed by atoms with Crippen molar-refractivity contribution < 1.29 is 13.9 Å². The highest BCUT2D eigenvalue weighted by molar-refractivity contribution is 9.10. The van der Waals surface area contributed by atoms with Crippen molar-refractivity contribution in [2.24, 2.45) is 11.7 Å². The Morgan fingerprint density at radius 3 is 2.50 bits per heavy atom. The highest BCUT2D eigenvalue weighted by Gasteiger charge is 2.22. The van der Waals surface area contributed by atoms with Crippen LogP contribution in [-0.4, -0.2) is 5.11 Å². The zero-order chi connectivity index (χ0) is 12.5. The van der Waals surface area contributed by atoms with E-state index in [9.17, 15) is 13.9 Å². The number of rotatable bonds is 3. The summed E-state index contributed by atoms with van der Waals surface area (Å²) in [5, 5.41) is 9.65. The molecule has 16 heavy (non-hydrogen) atoms. The van der Waals surface area contributed by atoms with Crippen molar-refractivity contribution in [3.63, 3.8) is 0 Å². The Labute approximate surface area is 102 Å². The molecule has 0 saturated heterocycles. The first-order chi connectivity index (χ1) is 7.34. The summed E-state index contributed by atoms with van der Waals surface area (Å²) < 4.78 is 26.8. The summed E-state index contributed by atoms with van der Waals surface area (Å²) in [5.41, 5.74) is 5.58. The third-order valence-electron chi connectivity index (χ3n) is 2.28. The van der Waals surface area contributed by atoms with Gasteiger partial charge in [-0.25, -0.2) is 8.78 Å². The quantitative estimate of drug-likeness (QED) is 0.838. The summed E-state index contributed by atoms with van der Waals surface area (Å²) in [5.74, 6) is -2.18. The monoisotopic (exact) mass is 293 g/mol. The molecule has 0 radical (unpaired) electrons. The van der Waals surface area contributed by atoms with Crippen LogP contribution in [-0.2, 0) is 0 Å². The summed E-state index contributed by atoms with van der Waals surface area (Å²) in [6.07, 6.45) is 0.473. The molecule has 0 heterocycles. The molecule has 5 heteroatoms. The van der Waals surface area contributed by atoms with Crippen molar-refractivity contribution in [2.75, 3.05) is 0 Å². The number of phenolic OH excluding ortho intramolecular Hbond substituents is 1. The van der Waals surface area contributed by atoms with Gasteiger partial charge in [-0.3, -0.25) is 0 Å². The summed E-state index contributed by atoms with van der Waals surface area (Å²) in [6.45, 7) is 3.84. The number of hydrogen-bond acceptors (Lipinski definition) is 2. The Bertz CT molecular complexity index is 370. The Hall–Kier alpha value is -0.680. The van der Waals surface area contributed by atoms with Crippen LogP contribution in [0.3, 0.4) is 0 Å². The fraction of sp³-hybridized carbons (Fsp3) is 0.455. The first kappa shape index (κ1) is 13.4. The Morgan fingerprint density at radius 2 is 2.00 bits per heavy atom. The molecule has 0 spiro atoms. The van der Waals surface area contributed by atoms with Gasteiger partial charge in [0.1, 0.15) is 5.75 Å². The van der Waals surface area contributed by atoms with Crippen LogP contribution in [0.1, 0.15) is 31.9 Å². The number of halogens is 3. The van der Waals surface area contributed by atoms with Gasteiger partial charge in [0.15, 0.2) is 11.6 Å². The first-order valence-electron chi connectivity index (χ1n) is 4.96. The molecule has 2 nitrogen and oxygen atoms in total. The molecule has 0 amide bonds. The van der Waals surface area contributed by atoms with Crippen LogP contribution in [0.4, 0.5) is 8.78 Å². The molecule has 0 unspecified atom stereocenters. The maximum atomic E-state index is 13.5. The number of aromatic hydroxyl groups is 1. The lowest BCUT2D eigenvalue weighted by Gasteiger charge is -2.17. The van der Waals surface area contributed by atoms with Crippen molar-refractivity contribution in [3.05, 3.63) is 27.7 Å². The van der Waals surface area contributed by atoms with Crippen LogP contribution in [0.2, 0.25) is 0 Å². The lowest BCUT2D eigenvalue weighted by molar-refractivity contribution is 0.411. The van der Waals surface area contributed by atoms with Gasteiger partial charge in [-0.1, -0.05) is 13.8 Å². The van der Waals surface area contributed by atoms with Crippen LogP contribution in [0, 0.1) is 17.6 Å². The average Bonchev–Trinajstić information content (AvgIpc) is 2.14. The van der Waals surface area contributed by atoms with E-state index >= 15 is 0 Å². The lowest BCUT2D eigenvalue weighted by Crippen LogP contribution is -2.15. The van der Waals surface area contributed by atoms with Crippen molar-refractivity contribution >= 4 is 15.9 Å². The van der Waals surface area contributed by atoms with E-state index < -0.39 is 17.7 Å². The molecule has 1 aromatic rings. The largest absolute Gasteiger partial charge is 0.506 e. The van der Waals surface area contributed by atoms with E-state index in [0.717, 1.165) is 6.07 Å². The zero-order valence-electron chi connectivity index (χ0n) is 9.10. The van der Waals surface area contributed by atoms with Gasteiger partial charge in [-0.15, -0.1) is 0 Å². The molecule has 0 aliphatic heterocycles. The molecule has 1 atom stereocenters. The molecule has 3 N–H and O–H groups in total. The summed E-state index contributed by atoms with van der Waals surface area (Å²) >= 11 is 2.95. The predicted octanol–water partition coefficient (Wildman–Crippen LogP) is 3.48. The smallest absolute Gasteiger partial charge is 0.167 e.